The second kappa shape index (κ2) is 4.78. The Hall–Kier alpha value is -0.533. The Bertz CT molecular complexity index is 494. The summed E-state index contributed by atoms with van der Waals surface area (Å²) in [5.74, 6) is 1.06. The summed E-state index contributed by atoms with van der Waals surface area (Å²) < 4.78 is 0. The van der Waals surface area contributed by atoms with Crippen LogP contribution in [0.5, 0.6) is 0 Å². The van der Waals surface area contributed by atoms with E-state index in [1.165, 1.54) is 5.56 Å². The first-order valence-electron chi connectivity index (χ1n) is 7.13. The van der Waals surface area contributed by atoms with Crippen molar-refractivity contribution in [2.75, 3.05) is 0 Å². The molecule has 0 bridgehead atoms. The summed E-state index contributed by atoms with van der Waals surface area (Å²) >= 11 is 6.81. The lowest BCUT2D eigenvalue weighted by molar-refractivity contribution is 0.304. The van der Waals surface area contributed by atoms with Gasteiger partial charge < -0.3 is 0 Å². The maximum atomic E-state index is 6.81. The number of allylic oxidation sites excluding steroid dienone is 2. The zero-order chi connectivity index (χ0) is 14.4. The maximum Gasteiger partial charge on any atom is 0.0748 e. The van der Waals surface area contributed by atoms with Gasteiger partial charge in [-0.1, -0.05) is 87.5 Å². The van der Waals surface area contributed by atoms with Gasteiger partial charge in [-0.05, 0) is 11.5 Å². The van der Waals surface area contributed by atoms with Crippen molar-refractivity contribution in [1.82, 2.24) is 0 Å². The summed E-state index contributed by atoms with van der Waals surface area (Å²) in [7, 11) is -1.42. The summed E-state index contributed by atoms with van der Waals surface area (Å²) in [6, 6.07) is 10.9. The van der Waals surface area contributed by atoms with E-state index in [1.807, 2.05) is 0 Å². The Morgan fingerprint density at radius 2 is 1.58 bits per heavy atom. The lowest BCUT2D eigenvalue weighted by Gasteiger charge is -2.31. The smallest absolute Gasteiger partial charge is 0.0748 e. The molecule has 0 N–H and O–H groups in total. The van der Waals surface area contributed by atoms with Gasteiger partial charge in [0.15, 0.2) is 0 Å². The minimum Gasteiger partial charge on any atom is -0.0890 e. The van der Waals surface area contributed by atoms with Crippen LogP contribution < -0.4 is 0 Å². The molecule has 1 aromatic carbocycles. The summed E-state index contributed by atoms with van der Waals surface area (Å²) in [6.07, 6.45) is 0. The van der Waals surface area contributed by atoms with Crippen LogP contribution in [0.2, 0.25) is 19.6 Å². The average Bonchev–Trinajstić information content (AvgIpc) is 2.50. The fraction of sp³-hybridized carbons (Fsp3) is 0.529. The first-order valence-corrected chi connectivity index (χ1v) is 11.0. The number of hydrogen-bond donors (Lipinski definition) is 0. The topological polar surface area (TPSA) is 0 Å². The van der Waals surface area contributed by atoms with E-state index in [4.69, 9.17) is 11.6 Å². The van der Waals surface area contributed by atoms with Crippen LogP contribution in [0.1, 0.15) is 32.3 Å². The third kappa shape index (κ3) is 2.43. The van der Waals surface area contributed by atoms with Crippen LogP contribution in [-0.4, -0.2) is 8.07 Å². The van der Waals surface area contributed by atoms with Gasteiger partial charge in [-0.2, -0.15) is 0 Å². The number of hydrogen-bond acceptors (Lipinski definition) is 0. The number of benzene rings is 1. The summed E-state index contributed by atoms with van der Waals surface area (Å²) in [5, 5.41) is 2.69. The van der Waals surface area contributed by atoms with Crippen molar-refractivity contribution >= 4 is 19.7 Å². The molecule has 104 valence electrons. The first kappa shape index (κ1) is 14.9. The molecule has 0 spiro atoms. The van der Waals surface area contributed by atoms with Crippen LogP contribution >= 0.6 is 11.6 Å². The Morgan fingerprint density at radius 3 is 2.05 bits per heavy atom. The Labute approximate surface area is 123 Å². The van der Waals surface area contributed by atoms with E-state index in [1.54, 1.807) is 5.20 Å². The number of halogens is 1. The molecule has 2 rings (SSSR count). The first-order chi connectivity index (χ1) is 8.67. The van der Waals surface area contributed by atoms with Gasteiger partial charge >= 0.3 is 0 Å². The molecular formula is C17H25ClSi. The minimum absolute atomic E-state index is 0.0949. The molecule has 2 heteroatoms. The molecule has 2 atom stereocenters. The van der Waals surface area contributed by atoms with Crippen LogP contribution in [0.3, 0.4) is 0 Å². The van der Waals surface area contributed by atoms with Crippen LogP contribution in [0.25, 0.3) is 0 Å². The number of rotatable bonds is 2. The standard InChI is InChI=1S/C17H25ClSi/c1-12-14(13-10-8-7-9-11-13)15(19(4,5)6)16(18)17(12,2)3/h7-12,14H,1-6H3/t12-,14+/m0/s1. The van der Waals surface area contributed by atoms with E-state index in [0.717, 1.165) is 5.03 Å². The highest BCUT2D eigenvalue weighted by atomic mass is 35.5. The van der Waals surface area contributed by atoms with Gasteiger partial charge in [0.2, 0.25) is 0 Å². The van der Waals surface area contributed by atoms with Gasteiger partial charge in [0, 0.05) is 16.4 Å². The molecular weight excluding hydrogens is 268 g/mol. The highest BCUT2D eigenvalue weighted by molar-refractivity contribution is 6.84. The van der Waals surface area contributed by atoms with Crippen molar-refractivity contribution in [2.45, 2.75) is 46.3 Å². The third-order valence-corrected chi connectivity index (χ3v) is 7.74. The largest absolute Gasteiger partial charge is 0.0890 e. The van der Waals surface area contributed by atoms with E-state index in [9.17, 15) is 0 Å². The molecule has 0 radical (unpaired) electrons. The van der Waals surface area contributed by atoms with E-state index in [2.05, 4.69) is 70.7 Å². The molecule has 0 nitrogen and oxygen atoms in total. The van der Waals surface area contributed by atoms with Crippen LogP contribution in [0, 0.1) is 11.3 Å². The van der Waals surface area contributed by atoms with Crippen molar-refractivity contribution in [3.05, 3.63) is 46.1 Å². The predicted octanol–water partition coefficient (Wildman–Crippen LogP) is 5.82. The molecule has 0 amide bonds. The van der Waals surface area contributed by atoms with Crippen molar-refractivity contribution in [1.29, 1.82) is 0 Å². The molecule has 1 aliphatic rings. The summed E-state index contributed by atoms with van der Waals surface area (Å²) in [6.45, 7) is 14.2. The maximum absolute atomic E-state index is 6.81. The molecule has 0 fully saturated rings. The molecule has 0 aliphatic heterocycles. The molecule has 0 saturated heterocycles. The molecule has 0 saturated carbocycles. The minimum atomic E-state index is -1.42. The average molecular weight is 293 g/mol. The van der Waals surface area contributed by atoms with E-state index in [-0.39, 0.29) is 5.41 Å². The van der Waals surface area contributed by atoms with E-state index in [0.29, 0.717) is 11.8 Å². The highest BCUT2D eigenvalue weighted by Gasteiger charge is 2.48. The Morgan fingerprint density at radius 1 is 1.05 bits per heavy atom. The van der Waals surface area contributed by atoms with Crippen molar-refractivity contribution < 1.29 is 0 Å². The van der Waals surface area contributed by atoms with Gasteiger partial charge in [0.25, 0.3) is 0 Å². The fourth-order valence-electron chi connectivity index (χ4n) is 3.26. The SMILES string of the molecule is C[C@H]1[C@H](c2ccccc2)C([Si](C)(C)C)=C(Cl)C1(C)C. The Kier molecular flexibility index (Phi) is 3.74. The lowest BCUT2D eigenvalue weighted by Crippen LogP contribution is -2.28. The zero-order valence-electron chi connectivity index (χ0n) is 12.9. The van der Waals surface area contributed by atoms with Crippen molar-refractivity contribution in [2.24, 2.45) is 11.3 Å². The zero-order valence-corrected chi connectivity index (χ0v) is 14.7. The Balaban J connectivity index is 2.60. The van der Waals surface area contributed by atoms with Gasteiger partial charge in [-0.3, -0.25) is 0 Å². The summed E-state index contributed by atoms with van der Waals surface area (Å²) in [4.78, 5) is 0. The van der Waals surface area contributed by atoms with Crippen LogP contribution in [-0.2, 0) is 0 Å². The molecule has 0 unspecified atom stereocenters. The van der Waals surface area contributed by atoms with E-state index < -0.39 is 8.07 Å². The van der Waals surface area contributed by atoms with Gasteiger partial charge in [-0.15, -0.1) is 0 Å². The molecule has 1 aliphatic carbocycles. The molecule has 0 aromatic heterocycles. The van der Waals surface area contributed by atoms with Gasteiger partial charge in [0.1, 0.15) is 0 Å². The molecule has 0 heterocycles. The van der Waals surface area contributed by atoms with Crippen LogP contribution in [0.15, 0.2) is 40.6 Å². The second-order valence-electron chi connectivity index (χ2n) is 7.38. The van der Waals surface area contributed by atoms with Gasteiger partial charge in [-0.25, -0.2) is 0 Å². The van der Waals surface area contributed by atoms with E-state index >= 15 is 0 Å². The normalized spacial score (nSPS) is 26.9. The molecule has 19 heavy (non-hydrogen) atoms. The van der Waals surface area contributed by atoms with Crippen LogP contribution in [0.4, 0.5) is 0 Å². The van der Waals surface area contributed by atoms with Crippen molar-refractivity contribution in [3.63, 3.8) is 0 Å². The van der Waals surface area contributed by atoms with Crippen molar-refractivity contribution in [3.8, 4) is 0 Å². The lowest BCUT2D eigenvalue weighted by atomic mass is 9.77. The molecule has 1 aromatic rings. The summed E-state index contributed by atoms with van der Waals surface area (Å²) in [5.41, 5.74) is 1.52. The second-order valence-corrected chi connectivity index (χ2v) is 12.8. The quantitative estimate of drug-likeness (QED) is 0.603. The predicted molar refractivity (Wildman–Crippen MR) is 88.4 cm³/mol. The highest BCUT2D eigenvalue weighted by Crippen LogP contribution is 2.57. The van der Waals surface area contributed by atoms with Gasteiger partial charge in [0.05, 0.1) is 8.07 Å². The monoisotopic (exact) mass is 292 g/mol. The fourth-order valence-corrected chi connectivity index (χ4v) is 6.73. The third-order valence-electron chi connectivity index (χ3n) is 4.72.